The first kappa shape index (κ1) is 12.5. The molecule has 0 aliphatic rings. The molecule has 16 heavy (non-hydrogen) atoms. The fourth-order valence-corrected chi connectivity index (χ4v) is 1.38. The van der Waals surface area contributed by atoms with E-state index in [1.54, 1.807) is 19.0 Å². The highest BCUT2D eigenvalue weighted by Gasteiger charge is 2.03. The zero-order valence-corrected chi connectivity index (χ0v) is 9.88. The molecule has 0 fully saturated rings. The van der Waals surface area contributed by atoms with Gasteiger partial charge in [-0.05, 0) is 30.7 Å². The van der Waals surface area contributed by atoms with Crippen molar-refractivity contribution in [2.45, 2.75) is 13.3 Å². The van der Waals surface area contributed by atoms with Gasteiger partial charge in [0.1, 0.15) is 5.82 Å². The summed E-state index contributed by atoms with van der Waals surface area (Å²) in [5.41, 5.74) is 1.57. The Kier molecular flexibility index (Phi) is 4.28. The number of hydrogen-bond acceptors (Lipinski definition) is 2. The van der Waals surface area contributed by atoms with Crippen molar-refractivity contribution in [3.05, 3.63) is 29.6 Å². The number of halogens is 1. The predicted octanol–water partition coefficient (Wildman–Crippen LogP) is 2.02. The van der Waals surface area contributed by atoms with Crippen molar-refractivity contribution in [2.75, 3.05) is 26.0 Å². The van der Waals surface area contributed by atoms with E-state index in [0.717, 1.165) is 5.56 Å². The molecule has 1 aromatic carbocycles. The summed E-state index contributed by atoms with van der Waals surface area (Å²) in [4.78, 5) is 12.8. The average Bonchev–Trinajstić information content (AvgIpc) is 2.15. The third-order valence-electron chi connectivity index (χ3n) is 2.21. The minimum absolute atomic E-state index is 0.0561. The standard InChI is InChI=1S/C12H17FN2O/c1-9-6-10(13)8-11(7-9)14-5-4-12(16)15(2)3/h6-8,14H,4-5H2,1-3H3. The van der Waals surface area contributed by atoms with Crippen LogP contribution in [0.4, 0.5) is 10.1 Å². The van der Waals surface area contributed by atoms with Gasteiger partial charge in [0, 0.05) is 32.7 Å². The Labute approximate surface area is 95.3 Å². The van der Waals surface area contributed by atoms with Gasteiger partial charge in [0.2, 0.25) is 5.91 Å². The van der Waals surface area contributed by atoms with Gasteiger partial charge in [-0.2, -0.15) is 0 Å². The summed E-state index contributed by atoms with van der Waals surface area (Å²) >= 11 is 0. The SMILES string of the molecule is Cc1cc(F)cc(NCCC(=O)N(C)C)c1. The lowest BCUT2D eigenvalue weighted by molar-refractivity contribution is -0.128. The number of carbonyl (C=O) groups excluding carboxylic acids is 1. The van der Waals surface area contributed by atoms with E-state index in [1.807, 2.05) is 13.0 Å². The lowest BCUT2D eigenvalue weighted by Gasteiger charge is -2.11. The van der Waals surface area contributed by atoms with Gasteiger partial charge in [-0.15, -0.1) is 0 Å². The molecule has 0 saturated heterocycles. The fourth-order valence-electron chi connectivity index (χ4n) is 1.38. The van der Waals surface area contributed by atoms with Crippen LogP contribution in [0.5, 0.6) is 0 Å². The number of aryl methyl sites for hydroxylation is 1. The van der Waals surface area contributed by atoms with Crippen LogP contribution in [0.25, 0.3) is 0 Å². The fraction of sp³-hybridized carbons (Fsp3) is 0.417. The lowest BCUT2D eigenvalue weighted by atomic mass is 10.2. The molecule has 0 aromatic heterocycles. The van der Waals surface area contributed by atoms with Crippen molar-refractivity contribution in [1.82, 2.24) is 4.90 Å². The van der Waals surface area contributed by atoms with Gasteiger partial charge >= 0.3 is 0 Å². The largest absolute Gasteiger partial charge is 0.384 e. The number of anilines is 1. The Hall–Kier alpha value is -1.58. The van der Waals surface area contributed by atoms with Crippen LogP contribution in [0.3, 0.4) is 0 Å². The summed E-state index contributed by atoms with van der Waals surface area (Å²) in [6.07, 6.45) is 0.405. The highest BCUT2D eigenvalue weighted by atomic mass is 19.1. The molecule has 88 valence electrons. The van der Waals surface area contributed by atoms with Crippen LogP contribution in [0.15, 0.2) is 18.2 Å². The highest BCUT2D eigenvalue weighted by molar-refractivity contribution is 5.76. The third-order valence-corrected chi connectivity index (χ3v) is 2.21. The van der Waals surface area contributed by atoms with Crippen molar-refractivity contribution in [3.63, 3.8) is 0 Å². The normalized spacial score (nSPS) is 10.0. The zero-order valence-electron chi connectivity index (χ0n) is 9.88. The molecule has 0 bridgehead atoms. The number of amides is 1. The monoisotopic (exact) mass is 224 g/mol. The van der Waals surface area contributed by atoms with Gasteiger partial charge < -0.3 is 10.2 Å². The van der Waals surface area contributed by atoms with E-state index in [9.17, 15) is 9.18 Å². The van der Waals surface area contributed by atoms with Gasteiger partial charge in [-0.25, -0.2) is 4.39 Å². The number of nitrogens with zero attached hydrogens (tertiary/aromatic N) is 1. The van der Waals surface area contributed by atoms with E-state index in [0.29, 0.717) is 18.7 Å². The van der Waals surface area contributed by atoms with Crippen LogP contribution in [0, 0.1) is 12.7 Å². The van der Waals surface area contributed by atoms with E-state index in [-0.39, 0.29) is 11.7 Å². The van der Waals surface area contributed by atoms with E-state index in [1.165, 1.54) is 12.1 Å². The summed E-state index contributed by atoms with van der Waals surface area (Å²) < 4.78 is 13.0. The van der Waals surface area contributed by atoms with Crippen LogP contribution in [0.2, 0.25) is 0 Å². The first-order chi connectivity index (χ1) is 7.49. The van der Waals surface area contributed by atoms with Crippen molar-refractivity contribution >= 4 is 11.6 Å². The first-order valence-corrected chi connectivity index (χ1v) is 5.20. The van der Waals surface area contributed by atoms with Crippen molar-refractivity contribution < 1.29 is 9.18 Å². The molecule has 1 rings (SSSR count). The Morgan fingerprint density at radius 1 is 1.38 bits per heavy atom. The molecular formula is C12H17FN2O. The van der Waals surface area contributed by atoms with Crippen LogP contribution in [-0.2, 0) is 4.79 Å². The molecule has 0 aliphatic carbocycles. The molecule has 0 spiro atoms. The molecular weight excluding hydrogens is 207 g/mol. The van der Waals surface area contributed by atoms with E-state index < -0.39 is 0 Å². The second-order valence-electron chi connectivity index (χ2n) is 3.98. The van der Waals surface area contributed by atoms with Crippen molar-refractivity contribution in [2.24, 2.45) is 0 Å². The van der Waals surface area contributed by atoms with E-state index >= 15 is 0 Å². The Bertz CT molecular complexity index is 357. The number of carbonyl (C=O) groups is 1. The maximum atomic E-state index is 13.0. The first-order valence-electron chi connectivity index (χ1n) is 5.20. The van der Waals surface area contributed by atoms with Gasteiger partial charge in [-0.1, -0.05) is 0 Å². The van der Waals surface area contributed by atoms with Gasteiger partial charge in [0.05, 0.1) is 0 Å². The van der Waals surface area contributed by atoms with Gasteiger partial charge in [-0.3, -0.25) is 4.79 Å². The summed E-state index contributed by atoms with van der Waals surface area (Å²) in [5.74, 6) is -0.206. The minimum atomic E-state index is -0.263. The molecule has 1 amide bonds. The van der Waals surface area contributed by atoms with Crippen LogP contribution < -0.4 is 5.32 Å². The molecule has 0 heterocycles. The molecule has 3 nitrogen and oxygen atoms in total. The quantitative estimate of drug-likeness (QED) is 0.848. The van der Waals surface area contributed by atoms with Crippen LogP contribution >= 0.6 is 0 Å². The minimum Gasteiger partial charge on any atom is -0.384 e. The molecule has 0 saturated carbocycles. The Morgan fingerprint density at radius 2 is 2.06 bits per heavy atom. The van der Waals surface area contributed by atoms with Crippen molar-refractivity contribution in [3.8, 4) is 0 Å². The second-order valence-corrected chi connectivity index (χ2v) is 3.98. The molecule has 4 heteroatoms. The average molecular weight is 224 g/mol. The molecule has 1 aromatic rings. The molecule has 1 N–H and O–H groups in total. The predicted molar refractivity (Wildman–Crippen MR) is 62.9 cm³/mol. The third kappa shape index (κ3) is 3.88. The van der Waals surface area contributed by atoms with E-state index in [2.05, 4.69) is 5.32 Å². The summed E-state index contributed by atoms with van der Waals surface area (Å²) in [6, 6.07) is 4.74. The number of rotatable bonds is 4. The number of hydrogen-bond donors (Lipinski definition) is 1. The van der Waals surface area contributed by atoms with Gasteiger partial charge in [0.25, 0.3) is 0 Å². The summed E-state index contributed by atoms with van der Waals surface area (Å²) in [5, 5.41) is 3.02. The van der Waals surface area contributed by atoms with Gasteiger partial charge in [0.15, 0.2) is 0 Å². The van der Waals surface area contributed by atoms with Crippen LogP contribution in [-0.4, -0.2) is 31.4 Å². The molecule has 0 aliphatic heterocycles. The summed E-state index contributed by atoms with van der Waals surface area (Å²) in [7, 11) is 3.43. The molecule has 0 radical (unpaired) electrons. The summed E-state index contributed by atoms with van der Waals surface area (Å²) in [6.45, 7) is 2.35. The van der Waals surface area contributed by atoms with Crippen LogP contribution in [0.1, 0.15) is 12.0 Å². The zero-order chi connectivity index (χ0) is 12.1. The maximum Gasteiger partial charge on any atom is 0.223 e. The molecule has 0 unspecified atom stereocenters. The smallest absolute Gasteiger partial charge is 0.223 e. The maximum absolute atomic E-state index is 13.0. The Morgan fingerprint density at radius 3 is 2.62 bits per heavy atom. The second kappa shape index (κ2) is 5.49. The Balaban J connectivity index is 2.46. The number of nitrogens with one attached hydrogen (secondary N) is 1. The van der Waals surface area contributed by atoms with Crippen molar-refractivity contribution in [1.29, 1.82) is 0 Å². The lowest BCUT2D eigenvalue weighted by Crippen LogP contribution is -2.23. The number of benzene rings is 1. The highest BCUT2D eigenvalue weighted by Crippen LogP contribution is 2.13. The van der Waals surface area contributed by atoms with E-state index in [4.69, 9.17) is 0 Å². The topological polar surface area (TPSA) is 32.3 Å². The molecule has 0 atom stereocenters.